The lowest BCUT2D eigenvalue weighted by molar-refractivity contribution is 0.277. The Balaban J connectivity index is 1.79. The van der Waals surface area contributed by atoms with E-state index in [1.54, 1.807) is 5.01 Å². The highest BCUT2D eigenvalue weighted by molar-refractivity contribution is 5.81. The highest BCUT2D eigenvalue weighted by Crippen LogP contribution is 2.28. The van der Waals surface area contributed by atoms with Crippen LogP contribution < -0.4 is 5.84 Å². The van der Waals surface area contributed by atoms with Crippen LogP contribution in [0.4, 0.5) is 0 Å². The van der Waals surface area contributed by atoms with Crippen molar-refractivity contribution in [1.82, 2.24) is 9.99 Å². The van der Waals surface area contributed by atoms with Gasteiger partial charge in [-0.3, -0.25) is 4.98 Å². The van der Waals surface area contributed by atoms with Crippen LogP contribution in [0.2, 0.25) is 0 Å². The summed E-state index contributed by atoms with van der Waals surface area (Å²) in [6, 6.07) is 20.7. The van der Waals surface area contributed by atoms with Crippen molar-refractivity contribution in [2.75, 3.05) is 6.54 Å². The molecule has 0 spiro atoms. The molecule has 0 aliphatic carbocycles. The van der Waals surface area contributed by atoms with Gasteiger partial charge in [0.2, 0.25) is 0 Å². The van der Waals surface area contributed by atoms with E-state index in [1.165, 1.54) is 5.56 Å². The minimum absolute atomic E-state index is 0.0991. The molecule has 3 heteroatoms. The molecule has 1 unspecified atom stereocenters. The van der Waals surface area contributed by atoms with Gasteiger partial charge in [0.15, 0.2) is 0 Å². The molecule has 2 N–H and O–H groups in total. The Morgan fingerprint density at radius 3 is 2.59 bits per heavy atom. The van der Waals surface area contributed by atoms with Crippen LogP contribution >= 0.6 is 0 Å². The third-order valence-electron chi connectivity index (χ3n) is 4.82. The summed E-state index contributed by atoms with van der Waals surface area (Å²) in [6.07, 6.45) is 7.08. The Kier molecular flexibility index (Phi) is 5.72. The average Bonchev–Trinajstić information content (AvgIpc) is 2.67. The number of hydrogen-bond donors (Lipinski definition) is 1. The summed E-state index contributed by atoms with van der Waals surface area (Å²) in [5, 5.41) is 2.83. The minimum Gasteiger partial charge on any atom is -0.310 e. The van der Waals surface area contributed by atoms with E-state index >= 15 is 0 Å². The largest absolute Gasteiger partial charge is 0.310 e. The quantitative estimate of drug-likeness (QED) is 0.359. The number of nitrogens with zero attached hydrogens (tertiary/aromatic N) is 2. The number of benzene rings is 2. The molecule has 3 rings (SSSR count). The topological polar surface area (TPSA) is 42.2 Å². The molecule has 1 heterocycles. The molecule has 0 bridgehead atoms. The van der Waals surface area contributed by atoms with Crippen LogP contribution in [0.25, 0.3) is 16.6 Å². The zero-order valence-electron chi connectivity index (χ0n) is 16.1. The normalized spacial score (nSPS) is 13.6. The van der Waals surface area contributed by atoms with Gasteiger partial charge < -0.3 is 5.01 Å². The molecule has 0 aliphatic heterocycles. The number of fused-ring (bicyclic) bond motifs is 1. The van der Waals surface area contributed by atoms with E-state index in [2.05, 4.69) is 67.0 Å². The van der Waals surface area contributed by atoms with Gasteiger partial charge in [-0.25, -0.2) is 5.84 Å². The van der Waals surface area contributed by atoms with Crippen LogP contribution in [0, 0.1) is 5.41 Å². The molecule has 0 fully saturated rings. The predicted octanol–water partition coefficient (Wildman–Crippen LogP) is 5.21. The summed E-state index contributed by atoms with van der Waals surface area (Å²) in [5.74, 6) is 6.44. The Bertz CT molecular complexity index is 946. The smallest absolute Gasteiger partial charge is 0.0702 e. The van der Waals surface area contributed by atoms with Crippen molar-refractivity contribution in [3.05, 3.63) is 96.7 Å². The predicted molar refractivity (Wildman–Crippen MR) is 115 cm³/mol. The molecule has 2 aromatic carbocycles. The second-order valence-electron chi connectivity index (χ2n) is 7.31. The first-order valence-electron chi connectivity index (χ1n) is 9.25. The monoisotopic (exact) mass is 357 g/mol. The lowest BCUT2D eigenvalue weighted by Gasteiger charge is -2.33. The summed E-state index contributed by atoms with van der Waals surface area (Å²) < 4.78 is 0. The summed E-state index contributed by atoms with van der Waals surface area (Å²) in [5.41, 5.74) is 3.89. The van der Waals surface area contributed by atoms with E-state index < -0.39 is 0 Å². The fourth-order valence-corrected chi connectivity index (χ4v) is 3.51. The number of hydrogen-bond acceptors (Lipinski definition) is 3. The van der Waals surface area contributed by atoms with Crippen LogP contribution in [0.1, 0.15) is 25.0 Å². The van der Waals surface area contributed by atoms with Gasteiger partial charge in [-0.2, -0.15) is 0 Å². The zero-order chi connectivity index (χ0) is 19.3. The summed E-state index contributed by atoms with van der Waals surface area (Å²) >= 11 is 0. The number of allylic oxidation sites excluding steroid dienone is 1. The fourth-order valence-electron chi connectivity index (χ4n) is 3.51. The molecular weight excluding hydrogens is 330 g/mol. The van der Waals surface area contributed by atoms with Crippen LogP contribution in [0.3, 0.4) is 0 Å². The maximum atomic E-state index is 6.44. The third kappa shape index (κ3) is 4.63. The minimum atomic E-state index is -0.0991. The van der Waals surface area contributed by atoms with Crippen molar-refractivity contribution in [2.24, 2.45) is 11.3 Å². The van der Waals surface area contributed by atoms with E-state index in [0.717, 1.165) is 28.6 Å². The van der Waals surface area contributed by atoms with Gasteiger partial charge in [-0.1, -0.05) is 74.2 Å². The van der Waals surface area contributed by atoms with Gasteiger partial charge in [0.1, 0.15) is 0 Å². The second-order valence-corrected chi connectivity index (χ2v) is 7.31. The first-order chi connectivity index (χ1) is 13.0. The Hall–Kier alpha value is -2.91. The van der Waals surface area contributed by atoms with Crippen LogP contribution in [0.5, 0.6) is 0 Å². The Morgan fingerprint density at radius 2 is 1.85 bits per heavy atom. The van der Waals surface area contributed by atoms with Gasteiger partial charge in [-0.15, -0.1) is 0 Å². The molecule has 0 radical (unpaired) electrons. The van der Waals surface area contributed by atoms with Crippen molar-refractivity contribution in [3.8, 4) is 0 Å². The fraction of sp³-hybridized carbons (Fsp3) is 0.208. The zero-order valence-corrected chi connectivity index (χ0v) is 16.1. The lowest BCUT2D eigenvalue weighted by atomic mass is 9.82. The molecule has 27 heavy (non-hydrogen) atoms. The van der Waals surface area contributed by atoms with E-state index in [9.17, 15) is 0 Å². The van der Waals surface area contributed by atoms with E-state index in [0.29, 0.717) is 6.54 Å². The van der Waals surface area contributed by atoms with Gasteiger partial charge in [-0.05, 0) is 31.0 Å². The van der Waals surface area contributed by atoms with Crippen LogP contribution in [-0.4, -0.2) is 16.5 Å². The molecule has 3 nitrogen and oxygen atoms in total. The second kappa shape index (κ2) is 8.19. The van der Waals surface area contributed by atoms with Gasteiger partial charge in [0.05, 0.1) is 11.2 Å². The first-order valence-corrected chi connectivity index (χ1v) is 9.25. The van der Waals surface area contributed by atoms with Crippen molar-refractivity contribution in [3.63, 3.8) is 0 Å². The Labute approximate surface area is 161 Å². The van der Waals surface area contributed by atoms with E-state index in [1.807, 2.05) is 37.4 Å². The highest BCUT2D eigenvalue weighted by atomic mass is 15.4. The number of aromatic nitrogens is 1. The van der Waals surface area contributed by atoms with Crippen molar-refractivity contribution in [2.45, 2.75) is 20.3 Å². The standard InChI is InChI=1S/C24H27N3/c1-4-14-24(3,16-20-10-6-5-7-11-20)18-27(25)19(2)22-15-21-12-8-9-13-23(21)26-17-22/h4-15,17H,2,16,18,25H2,1,3H3/b14-4+. The Morgan fingerprint density at radius 1 is 1.15 bits per heavy atom. The van der Waals surface area contributed by atoms with E-state index in [4.69, 9.17) is 5.84 Å². The molecular formula is C24H27N3. The number of pyridine rings is 1. The maximum Gasteiger partial charge on any atom is 0.0702 e. The summed E-state index contributed by atoms with van der Waals surface area (Å²) in [6.45, 7) is 9.16. The number of hydrazine groups is 1. The lowest BCUT2D eigenvalue weighted by Crippen LogP contribution is -2.39. The number of para-hydroxylation sites is 1. The molecule has 0 saturated carbocycles. The van der Waals surface area contributed by atoms with Crippen molar-refractivity contribution < 1.29 is 0 Å². The number of nitrogens with two attached hydrogens (primary N) is 1. The molecule has 1 atom stereocenters. The molecule has 138 valence electrons. The van der Waals surface area contributed by atoms with Crippen molar-refractivity contribution in [1.29, 1.82) is 0 Å². The SMILES string of the molecule is C=C(c1cnc2ccccc2c1)N(N)CC(C)(/C=C/C)Cc1ccccc1. The van der Waals surface area contributed by atoms with Gasteiger partial charge in [0, 0.05) is 29.1 Å². The first kappa shape index (κ1) is 18.9. The average molecular weight is 358 g/mol. The number of rotatable bonds is 7. The molecule has 0 aliphatic rings. The van der Waals surface area contributed by atoms with Crippen LogP contribution in [0.15, 0.2) is 85.6 Å². The van der Waals surface area contributed by atoms with Crippen LogP contribution in [-0.2, 0) is 6.42 Å². The van der Waals surface area contributed by atoms with Gasteiger partial charge >= 0.3 is 0 Å². The summed E-state index contributed by atoms with van der Waals surface area (Å²) in [7, 11) is 0. The summed E-state index contributed by atoms with van der Waals surface area (Å²) in [4.78, 5) is 4.53. The molecule has 3 aromatic rings. The molecule has 1 aromatic heterocycles. The third-order valence-corrected chi connectivity index (χ3v) is 4.82. The van der Waals surface area contributed by atoms with Gasteiger partial charge in [0.25, 0.3) is 0 Å². The molecule has 0 saturated heterocycles. The van der Waals surface area contributed by atoms with Crippen molar-refractivity contribution >= 4 is 16.6 Å². The maximum absolute atomic E-state index is 6.44. The molecule has 0 amide bonds. The van der Waals surface area contributed by atoms with E-state index in [-0.39, 0.29) is 5.41 Å². The highest BCUT2D eigenvalue weighted by Gasteiger charge is 2.25.